The summed E-state index contributed by atoms with van der Waals surface area (Å²) >= 11 is 11.9. The van der Waals surface area contributed by atoms with Crippen molar-refractivity contribution in [1.29, 1.82) is 0 Å². The van der Waals surface area contributed by atoms with Gasteiger partial charge in [-0.15, -0.1) is 0 Å². The van der Waals surface area contributed by atoms with E-state index >= 15 is 0 Å². The van der Waals surface area contributed by atoms with E-state index in [4.69, 9.17) is 28.6 Å². The highest BCUT2D eigenvalue weighted by Crippen LogP contribution is 2.50. The fourth-order valence-electron chi connectivity index (χ4n) is 4.22. The first-order valence-electron chi connectivity index (χ1n) is 8.63. The number of hydrogen-bond acceptors (Lipinski definition) is 3. The lowest BCUT2D eigenvalue weighted by Crippen LogP contribution is -2.65. The molecule has 0 aromatic heterocycles. The zero-order chi connectivity index (χ0) is 18.5. The number of aromatic hydroxyl groups is 1. The van der Waals surface area contributed by atoms with E-state index in [1.165, 1.54) is 0 Å². The number of hydrogen-bond donors (Lipinski definition) is 3. The third-order valence-electron chi connectivity index (χ3n) is 5.08. The molecule has 0 radical (unpaired) electrons. The number of rotatable bonds is 1. The molecule has 2 aliphatic heterocycles. The Morgan fingerprint density at radius 2 is 1.96 bits per heavy atom. The van der Waals surface area contributed by atoms with Crippen LogP contribution in [0.2, 0.25) is 5.02 Å². The number of phenolic OH excluding ortho intramolecular Hbond substituents is 1. The van der Waals surface area contributed by atoms with Gasteiger partial charge in [-0.3, -0.25) is 0 Å². The van der Waals surface area contributed by atoms with Crippen LogP contribution in [0, 0.1) is 0 Å². The van der Waals surface area contributed by atoms with Gasteiger partial charge in [0.1, 0.15) is 17.6 Å². The van der Waals surface area contributed by atoms with E-state index in [1.807, 2.05) is 30.3 Å². The maximum Gasteiger partial charge on any atom is 0.167 e. The van der Waals surface area contributed by atoms with Gasteiger partial charge in [0.2, 0.25) is 0 Å². The summed E-state index contributed by atoms with van der Waals surface area (Å²) in [5, 5.41) is 18.1. The van der Waals surface area contributed by atoms with Crippen LogP contribution in [0.1, 0.15) is 43.9 Å². The molecule has 0 amide bonds. The minimum absolute atomic E-state index is 0.167. The van der Waals surface area contributed by atoms with E-state index in [0.717, 1.165) is 17.5 Å². The number of fused-ring (bicyclic) bond motifs is 2. The number of nitrogens with one attached hydrogen (secondary N) is 2. The van der Waals surface area contributed by atoms with Crippen LogP contribution in [0.25, 0.3) is 0 Å². The SMILES string of the molecule is CC1(C)C[C@]2(C[C@H](c3ccccc3Cl)Oc3cc(O)ccc32)NC(=S)N1. The normalized spacial score (nSPS) is 26.4. The Kier molecular flexibility index (Phi) is 4.04. The molecule has 4 rings (SSSR count). The molecule has 136 valence electrons. The molecule has 2 aromatic rings. The van der Waals surface area contributed by atoms with Gasteiger partial charge in [0, 0.05) is 34.2 Å². The molecule has 0 unspecified atom stereocenters. The van der Waals surface area contributed by atoms with E-state index in [1.54, 1.807) is 12.1 Å². The lowest BCUT2D eigenvalue weighted by atomic mass is 9.72. The quantitative estimate of drug-likeness (QED) is 0.632. The number of ether oxygens (including phenoxy) is 1. The Morgan fingerprint density at radius 3 is 2.69 bits per heavy atom. The third-order valence-corrected chi connectivity index (χ3v) is 5.63. The summed E-state index contributed by atoms with van der Waals surface area (Å²) < 4.78 is 6.26. The molecule has 2 atom stereocenters. The predicted octanol–water partition coefficient (Wildman–Crippen LogP) is 4.41. The summed E-state index contributed by atoms with van der Waals surface area (Å²) in [6.45, 7) is 4.28. The van der Waals surface area contributed by atoms with Crippen molar-refractivity contribution in [2.24, 2.45) is 0 Å². The van der Waals surface area contributed by atoms with Gasteiger partial charge in [-0.25, -0.2) is 0 Å². The summed E-state index contributed by atoms with van der Waals surface area (Å²) in [5.74, 6) is 0.837. The van der Waals surface area contributed by atoms with Crippen molar-refractivity contribution in [3.63, 3.8) is 0 Å². The van der Waals surface area contributed by atoms with Gasteiger partial charge < -0.3 is 20.5 Å². The van der Waals surface area contributed by atoms with Gasteiger partial charge in [0.05, 0.1) is 5.54 Å². The van der Waals surface area contributed by atoms with E-state index in [2.05, 4.69) is 24.5 Å². The van der Waals surface area contributed by atoms with Crippen LogP contribution in [0.5, 0.6) is 11.5 Å². The standard InChI is InChI=1S/C20H21ClN2O2S/c1-19(2)11-20(23-18(26)22-19)10-17(13-5-3-4-6-15(13)21)25-16-9-12(24)7-8-14(16)20/h3-9,17,24H,10-11H2,1-2H3,(H2,22,23,26)/t17-,20+/m1/s1. The van der Waals surface area contributed by atoms with Gasteiger partial charge in [0.15, 0.2) is 5.11 Å². The van der Waals surface area contributed by atoms with Crippen LogP contribution < -0.4 is 15.4 Å². The van der Waals surface area contributed by atoms with E-state index < -0.39 is 5.54 Å². The summed E-state index contributed by atoms with van der Waals surface area (Å²) in [7, 11) is 0. The maximum atomic E-state index is 9.98. The molecule has 2 aromatic carbocycles. The fourth-order valence-corrected chi connectivity index (χ4v) is 4.95. The van der Waals surface area contributed by atoms with Crippen molar-refractivity contribution < 1.29 is 9.84 Å². The van der Waals surface area contributed by atoms with Crippen molar-refractivity contribution in [3.8, 4) is 11.5 Å². The van der Waals surface area contributed by atoms with Gasteiger partial charge in [-0.2, -0.15) is 0 Å². The van der Waals surface area contributed by atoms with Crippen molar-refractivity contribution in [2.45, 2.75) is 43.9 Å². The number of benzene rings is 2. The Hall–Kier alpha value is -1.98. The van der Waals surface area contributed by atoms with E-state index in [-0.39, 0.29) is 17.4 Å². The summed E-state index contributed by atoms with van der Waals surface area (Å²) in [6, 6.07) is 13.0. The second-order valence-electron chi connectivity index (χ2n) is 7.73. The smallest absolute Gasteiger partial charge is 0.167 e. The molecular weight excluding hydrogens is 368 g/mol. The van der Waals surface area contributed by atoms with Crippen LogP contribution in [-0.4, -0.2) is 15.8 Å². The van der Waals surface area contributed by atoms with Crippen molar-refractivity contribution in [3.05, 3.63) is 58.6 Å². The topological polar surface area (TPSA) is 53.5 Å². The molecule has 6 heteroatoms. The predicted molar refractivity (Wildman–Crippen MR) is 107 cm³/mol. The molecular formula is C20H21ClN2O2S. The molecule has 0 aliphatic carbocycles. The lowest BCUT2D eigenvalue weighted by molar-refractivity contribution is 0.0870. The van der Waals surface area contributed by atoms with Crippen molar-refractivity contribution in [2.75, 3.05) is 0 Å². The largest absolute Gasteiger partial charge is 0.508 e. The number of phenols is 1. The second kappa shape index (κ2) is 6.03. The Labute approximate surface area is 163 Å². The van der Waals surface area contributed by atoms with Crippen LogP contribution >= 0.6 is 23.8 Å². The molecule has 2 heterocycles. The van der Waals surface area contributed by atoms with E-state index in [0.29, 0.717) is 22.3 Å². The Bertz CT molecular complexity index is 886. The molecule has 1 fully saturated rings. The zero-order valence-corrected chi connectivity index (χ0v) is 16.2. The first-order valence-corrected chi connectivity index (χ1v) is 9.42. The van der Waals surface area contributed by atoms with Crippen LogP contribution in [0.15, 0.2) is 42.5 Å². The molecule has 1 spiro atoms. The maximum absolute atomic E-state index is 9.98. The first kappa shape index (κ1) is 17.4. The Balaban J connectivity index is 1.85. The van der Waals surface area contributed by atoms with Gasteiger partial charge in [0.25, 0.3) is 0 Å². The third kappa shape index (κ3) is 2.99. The minimum Gasteiger partial charge on any atom is -0.508 e. The average Bonchev–Trinajstić information content (AvgIpc) is 2.52. The monoisotopic (exact) mass is 388 g/mol. The lowest BCUT2D eigenvalue weighted by Gasteiger charge is -2.51. The van der Waals surface area contributed by atoms with Gasteiger partial charge >= 0.3 is 0 Å². The number of halogens is 1. The number of thiocarbonyl (C=S) groups is 1. The summed E-state index contributed by atoms with van der Waals surface area (Å²) in [6.07, 6.45) is 1.28. The molecule has 2 aliphatic rings. The highest BCUT2D eigenvalue weighted by molar-refractivity contribution is 7.80. The molecule has 1 saturated heterocycles. The van der Waals surface area contributed by atoms with Gasteiger partial charge in [-0.05, 0) is 50.7 Å². The summed E-state index contributed by atoms with van der Waals surface area (Å²) in [5.41, 5.74) is 1.39. The highest BCUT2D eigenvalue weighted by atomic mass is 35.5. The Morgan fingerprint density at radius 1 is 1.19 bits per heavy atom. The fraction of sp³-hybridized carbons (Fsp3) is 0.350. The van der Waals surface area contributed by atoms with Crippen molar-refractivity contribution in [1.82, 2.24) is 10.6 Å². The van der Waals surface area contributed by atoms with Crippen LogP contribution in [0.4, 0.5) is 0 Å². The van der Waals surface area contributed by atoms with Gasteiger partial charge in [-0.1, -0.05) is 29.8 Å². The van der Waals surface area contributed by atoms with Crippen molar-refractivity contribution >= 4 is 28.9 Å². The summed E-state index contributed by atoms with van der Waals surface area (Å²) in [4.78, 5) is 0. The van der Waals surface area contributed by atoms with Crippen LogP contribution in [-0.2, 0) is 5.54 Å². The first-order chi connectivity index (χ1) is 12.3. The van der Waals surface area contributed by atoms with Crippen LogP contribution in [0.3, 0.4) is 0 Å². The van der Waals surface area contributed by atoms with E-state index in [9.17, 15) is 5.11 Å². The average molecular weight is 389 g/mol. The molecule has 3 N–H and O–H groups in total. The molecule has 26 heavy (non-hydrogen) atoms. The molecule has 0 saturated carbocycles. The minimum atomic E-state index is -0.392. The molecule has 4 nitrogen and oxygen atoms in total. The molecule has 0 bridgehead atoms. The zero-order valence-electron chi connectivity index (χ0n) is 14.7. The highest BCUT2D eigenvalue weighted by Gasteiger charge is 2.49. The second-order valence-corrected chi connectivity index (χ2v) is 8.55.